The van der Waals surface area contributed by atoms with Crippen molar-refractivity contribution in [2.45, 2.75) is 138 Å². The second kappa shape index (κ2) is 18.9. The van der Waals surface area contributed by atoms with Gasteiger partial charge in [0.05, 0.1) is 6.26 Å². The van der Waals surface area contributed by atoms with E-state index in [2.05, 4.69) is 0 Å². The third-order valence-electron chi connectivity index (χ3n) is 8.57. The van der Waals surface area contributed by atoms with Gasteiger partial charge in [0.25, 0.3) is 6.29 Å². The number of rotatable bonds is 18. The van der Waals surface area contributed by atoms with E-state index in [1.54, 1.807) is 41.5 Å². The number of carbonyl (C=O) groups excluding carboxylic acids is 6. The van der Waals surface area contributed by atoms with E-state index in [9.17, 15) is 39.0 Å². The normalized spacial score (nSPS) is 25.2. The lowest BCUT2D eigenvalue weighted by molar-refractivity contribution is -0.242. The van der Waals surface area contributed by atoms with Gasteiger partial charge < -0.3 is 43.4 Å². The summed E-state index contributed by atoms with van der Waals surface area (Å²) in [6.07, 6.45) is -5.32. The Morgan fingerprint density at radius 1 is 0.731 bits per heavy atom. The molecule has 0 spiro atoms. The molecule has 1 aliphatic carbocycles. The summed E-state index contributed by atoms with van der Waals surface area (Å²) in [6, 6.07) is 0. The molecule has 296 valence electrons. The van der Waals surface area contributed by atoms with Gasteiger partial charge in [0, 0.05) is 50.0 Å². The maximum Gasteiger partial charge on any atom is 0.348 e. The summed E-state index contributed by atoms with van der Waals surface area (Å²) in [5.41, 5.74) is -4.80. The Kier molecular flexibility index (Phi) is 16.1. The van der Waals surface area contributed by atoms with Crippen LogP contribution in [-0.4, -0.2) is 95.0 Å². The van der Waals surface area contributed by atoms with Crippen molar-refractivity contribution < 1.29 is 72.1 Å². The lowest BCUT2D eigenvalue weighted by atomic mass is 9.77. The number of aliphatic hydroxyl groups is 2. The first-order valence-corrected chi connectivity index (χ1v) is 17.9. The highest BCUT2D eigenvalue weighted by Crippen LogP contribution is 2.53. The zero-order valence-electron chi connectivity index (χ0n) is 32.3. The number of ether oxygens (including phenoxy) is 7. The lowest BCUT2D eigenvalue weighted by Gasteiger charge is -2.44. The fourth-order valence-electron chi connectivity index (χ4n) is 6.07. The minimum atomic E-state index is -2.46. The largest absolute Gasteiger partial charge is 0.462 e. The summed E-state index contributed by atoms with van der Waals surface area (Å²) in [4.78, 5) is 76.5. The Hall–Kier alpha value is -3.72. The van der Waals surface area contributed by atoms with Crippen LogP contribution in [0, 0.1) is 35.5 Å². The Bertz CT molecular complexity index is 1320. The first kappa shape index (κ1) is 44.4. The number of fused-ring (bicyclic) bond motifs is 1. The molecule has 2 aliphatic rings. The quantitative estimate of drug-likeness (QED) is 0.152. The maximum atomic E-state index is 13.3. The molecule has 15 nitrogen and oxygen atoms in total. The third kappa shape index (κ3) is 11.9. The van der Waals surface area contributed by atoms with Crippen LogP contribution in [0.4, 0.5) is 0 Å². The highest BCUT2D eigenvalue weighted by atomic mass is 16.7. The summed E-state index contributed by atoms with van der Waals surface area (Å²) in [5, 5.41) is 24.7. The molecule has 1 heterocycles. The topological polar surface area (TPSA) is 207 Å². The molecule has 0 aromatic carbocycles. The van der Waals surface area contributed by atoms with E-state index in [0.717, 1.165) is 13.2 Å². The van der Waals surface area contributed by atoms with E-state index in [4.69, 9.17) is 33.2 Å². The van der Waals surface area contributed by atoms with Gasteiger partial charge in [-0.2, -0.15) is 0 Å². The maximum absolute atomic E-state index is 13.3. The number of carbonyl (C=O) groups is 6. The Morgan fingerprint density at radius 3 is 1.63 bits per heavy atom. The molecular formula is C37H58O15. The molecule has 0 saturated heterocycles. The molecule has 1 unspecified atom stereocenters. The third-order valence-corrected chi connectivity index (χ3v) is 8.57. The van der Waals surface area contributed by atoms with Crippen molar-refractivity contribution in [1.29, 1.82) is 0 Å². The number of hydrogen-bond acceptors (Lipinski definition) is 15. The average molecular weight is 743 g/mol. The molecule has 0 radical (unpaired) electrons. The van der Waals surface area contributed by atoms with Crippen LogP contribution in [0.3, 0.4) is 0 Å². The highest BCUT2D eigenvalue weighted by molar-refractivity contribution is 5.80. The van der Waals surface area contributed by atoms with Crippen molar-refractivity contribution in [3.05, 3.63) is 11.8 Å². The van der Waals surface area contributed by atoms with Crippen molar-refractivity contribution >= 4 is 35.8 Å². The molecular weight excluding hydrogens is 684 g/mol. The zero-order valence-corrected chi connectivity index (χ0v) is 32.3. The minimum Gasteiger partial charge on any atom is -0.462 e. The van der Waals surface area contributed by atoms with E-state index in [-0.39, 0.29) is 42.6 Å². The smallest absolute Gasteiger partial charge is 0.348 e. The van der Waals surface area contributed by atoms with Crippen molar-refractivity contribution in [3.8, 4) is 0 Å². The number of hydrogen-bond donors (Lipinski definition) is 2. The molecule has 0 bridgehead atoms. The highest BCUT2D eigenvalue weighted by Gasteiger charge is 2.70. The fraction of sp³-hybridized carbons (Fsp3) is 0.784. The fourth-order valence-corrected chi connectivity index (χ4v) is 6.07. The van der Waals surface area contributed by atoms with Crippen molar-refractivity contribution in [2.75, 3.05) is 13.2 Å². The first-order valence-electron chi connectivity index (χ1n) is 17.9. The Morgan fingerprint density at radius 2 is 1.19 bits per heavy atom. The lowest BCUT2D eigenvalue weighted by Crippen LogP contribution is -2.60. The van der Waals surface area contributed by atoms with Gasteiger partial charge in [0.2, 0.25) is 12.2 Å². The molecule has 1 fully saturated rings. The molecule has 7 atom stereocenters. The summed E-state index contributed by atoms with van der Waals surface area (Å²) < 4.78 is 38.6. The van der Waals surface area contributed by atoms with Crippen molar-refractivity contribution in [1.82, 2.24) is 0 Å². The number of esters is 6. The monoisotopic (exact) mass is 742 g/mol. The summed E-state index contributed by atoms with van der Waals surface area (Å²) in [5.74, 6) is -7.61. The molecule has 0 aromatic rings. The summed E-state index contributed by atoms with van der Waals surface area (Å²) >= 11 is 0. The van der Waals surface area contributed by atoms with Gasteiger partial charge in [-0.05, 0) is 17.8 Å². The van der Waals surface area contributed by atoms with Gasteiger partial charge in [-0.15, -0.1) is 0 Å². The van der Waals surface area contributed by atoms with Gasteiger partial charge in [-0.25, -0.2) is 9.59 Å². The molecule has 2 N–H and O–H groups in total. The summed E-state index contributed by atoms with van der Waals surface area (Å²) in [6.45, 7) is 16.9. The van der Waals surface area contributed by atoms with E-state index in [0.29, 0.717) is 0 Å². The average Bonchev–Trinajstić information content (AvgIpc) is 3.21. The zero-order chi connectivity index (χ0) is 39.7. The molecule has 52 heavy (non-hydrogen) atoms. The SMILES string of the molecule is CC(=O)O[C@H]1C[C@]2(O)C(COC(=O)[C@H](OC(=O)CC(C)C)C(C)C)=CO[C@@H](OC(=O)CC(C)C)C2[C@@]1(O)COC(=O)[C@H](OC(=O)CC(C)C)C(C)C. The van der Waals surface area contributed by atoms with Crippen LogP contribution < -0.4 is 0 Å². The Labute approximate surface area is 306 Å². The molecule has 1 saturated carbocycles. The predicted octanol–water partition coefficient (Wildman–Crippen LogP) is 3.54. The van der Waals surface area contributed by atoms with Crippen LogP contribution in [-0.2, 0) is 61.9 Å². The van der Waals surface area contributed by atoms with Gasteiger partial charge in [-0.1, -0.05) is 69.2 Å². The van der Waals surface area contributed by atoms with Crippen LogP contribution in [0.15, 0.2) is 11.8 Å². The van der Waals surface area contributed by atoms with E-state index in [1.165, 1.54) is 0 Å². The second-order valence-electron chi connectivity index (χ2n) is 15.7. The van der Waals surface area contributed by atoms with Crippen LogP contribution in [0.1, 0.15) is 102 Å². The van der Waals surface area contributed by atoms with Crippen LogP contribution >= 0.6 is 0 Å². The van der Waals surface area contributed by atoms with Crippen molar-refractivity contribution in [2.24, 2.45) is 35.5 Å². The Balaban J connectivity index is 2.50. The first-order chi connectivity index (χ1) is 24.0. The molecule has 2 rings (SSSR count). The van der Waals surface area contributed by atoms with E-state index in [1.807, 2.05) is 27.7 Å². The minimum absolute atomic E-state index is 0.0173. The second-order valence-corrected chi connectivity index (χ2v) is 15.7. The van der Waals surface area contributed by atoms with Gasteiger partial charge >= 0.3 is 35.8 Å². The molecule has 15 heteroatoms. The van der Waals surface area contributed by atoms with Crippen LogP contribution in [0.5, 0.6) is 0 Å². The van der Waals surface area contributed by atoms with E-state index < -0.39 is 109 Å². The van der Waals surface area contributed by atoms with E-state index >= 15 is 0 Å². The van der Waals surface area contributed by atoms with Gasteiger partial charge in [0.15, 0.2) is 0 Å². The van der Waals surface area contributed by atoms with Gasteiger partial charge in [0.1, 0.15) is 36.4 Å². The van der Waals surface area contributed by atoms with Crippen LogP contribution in [0.25, 0.3) is 0 Å². The summed E-state index contributed by atoms with van der Waals surface area (Å²) in [7, 11) is 0. The predicted molar refractivity (Wildman–Crippen MR) is 182 cm³/mol. The molecule has 1 aliphatic heterocycles. The molecule has 0 amide bonds. The standard InChI is InChI=1S/C37H58O15/c1-19(2)12-27(39)50-30(22(7)8)33(42)46-16-25-17-47-35(52-29(41)14-21(5)6)32-36(25,44)15-26(49-24(11)38)37(32,45)18-48-34(43)31(23(9)10)51-28(40)13-20(3)4/h17,19-23,26,30-32,35,44-45H,12-16,18H2,1-11H3/t26-,30+,31+,32?,35-,36-,37+/m0/s1. The van der Waals surface area contributed by atoms with Crippen molar-refractivity contribution in [3.63, 3.8) is 0 Å². The van der Waals surface area contributed by atoms with Crippen LogP contribution in [0.2, 0.25) is 0 Å². The molecule has 0 aromatic heterocycles. The van der Waals surface area contributed by atoms with Gasteiger partial charge in [-0.3, -0.25) is 19.2 Å².